The van der Waals surface area contributed by atoms with Gasteiger partial charge in [0.15, 0.2) is 6.17 Å². The Morgan fingerprint density at radius 3 is 2.49 bits per heavy atom. The molecule has 13 heteroatoms. The van der Waals surface area contributed by atoms with Crippen molar-refractivity contribution in [1.29, 1.82) is 0 Å². The highest BCUT2D eigenvalue weighted by molar-refractivity contribution is 5.96. The Bertz CT molecular complexity index is 1280. The molecule has 2 aromatic heterocycles. The summed E-state index contributed by atoms with van der Waals surface area (Å²) in [5.74, 6) is -1.68. The number of carbonyl (C=O) groups is 2. The number of hydrogen-bond donors (Lipinski definition) is 1. The van der Waals surface area contributed by atoms with Gasteiger partial charge in [0, 0.05) is 43.5 Å². The summed E-state index contributed by atoms with van der Waals surface area (Å²) in [6.07, 6.45) is -2.53. The first kappa shape index (κ1) is 25.9. The molecule has 2 N–H and O–H groups in total. The first-order chi connectivity index (χ1) is 17.5. The van der Waals surface area contributed by atoms with Gasteiger partial charge in [0.05, 0.1) is 19.2 Å². The van der Waals surface area contributed by atoms with Crippen molar-refractivity contribution in [3.05, 3.63) is 60.0 Å². The zero-order valence-corrected chi connectivity index (χ0v) is 19.6. The van der Waals surface area contributed by atoms with E-state index in [-0.39, 0.29) is 43.3 Å². The van der Waals surface area contributed by atoms with Crippen LogP contribution in [-0.4, -0.2) is 63.2 Å². The molecule has 0 aliphatic carbocycles. The summed E-state index contributed by atoms with van der Waals surface area (Å²) < 4.78 is 63.0. The first-order valence-electron chi connectivity index (χ1n) is 11.2. The summed E-state index contributed by atoms with van der Waals surface area (Å²) in [6.45, 7) is -0.0721. The summed E-state index contributed by atoms with van der Waals surface area (Å²) in [4.78, 5) is 30.1. The number of alkyl halides is 4. The predicted octanol–water partition coefficient (Wildman–Crippen LogP) is 3.04. The fourth-order valence-corrected chi connectivity index (χ4v) is 3.93. The van der Waals surface area contributed by atoms with Crippen molar-refractivity contribution in [2.24, 2.45) is 12.8 Å². The van der Waals surface area contributed by atoms with Crippen LogP contribution in [-0.2, 0) is 18.3 Å². The summed E-state index contributed by atoms with van der Waals surface area (Å²) in [5.41, 5.74) is 7.24. The van der Waals surface area contributed by atoms with Gasteiger partial charge in [-0.1, -0.05) is 12.1 Å². The highest BCUT2D eigenvalue weighted by atomic mass is 19.4. The number of nitrogens with zero attached hydrogens (tertiary/aromatic N) is 4. The van der Waals surface area contributed by atoms with Crippen molar-refractivity contribution in [1.82, 2.24) is 19.7 Å². The van der Waals surface area contributed by atoms with E-state index in [4.69, 9.17) is 10.5 Å². The van der Waals surface area contributed by atoms with E-state index in [1.54, 1.807) is 24.1 Å². The maximum atomic E-state index is 15.0. The molecular formula is C24H23F4N5O4. The molecule has 2 atom stereocenters. The SMILES string of the molecule is Cn1cc(-c2cnc(O[C@@H]3CCN(C(=O)Cc4ccc(OC(F)(F)F)cc4)C[C@@H]3F)c(C(N)=O)c2)cn1. The Balaban J connectivity index is 1.37. The monoisotopic (exact) mass is 521 g/mol. The average Bonchev–Trinajstić information content (AvgIpc) is 3.27. The average molecular weight is 521 g/mol. The van der Waals surface area contributed by atoms with Crippen LogP contribution in [0, 0.1) is 0 Å². The lowest BCUT2D eigenvalue weighted by Crippen LogP contribution is -2.49. The fraction of sp³-hybridized carbons (Fsp3) is 0.333. The van der Waals surface area contributed by atoms with Crippen molar-refractivity contribution >= 4 is 11.8 Å². The van der Waals surface area contributed by atoms with E-state index in [0.29, 0.717) is 16.7 Å². The summed E-state index contributed by atoms with van der Waals surface area (Å²) in [6, 6.07) is 6.40. The largest absolute Gasteiger partial charge is 0.573 e. The summed E-state index contributed by atoms with van der Waals surface area (Å²) >= 11 is 0. The number of nitrogens with two attached hydrogens (primary N) is 1. The molecule has 2 amide bonds. The normalized spacial score (nSPS) is 17.9. The Hall–Kier alpha value is -4.16. The minimum absolute atomic E-state index is 0.00925. The van der Waals surface area contributed by atoms with Gasteiger partial charge in [-0.2, -0.15) is 5.10 Å². The number of benzene rings is 1. The standard InChI is InChI=1S/C24H23F4N5O4/c1-32-12-16(11-31-32)15-9-18(22(29)35)23(30-10-15)36-20-6-7-33(13-19(20)25)21(34)8-14-2-4-17(5-3-14)37-24(26,27)28/h2-5,9-12,19-20H,6-8,13H2,1H3,(H2,29,35)/t19-,20+/m0/s1. The van der Waals surface area contributed by atoms with Gasteiger partial charge < -0.3 is 20.1 Å². The molecule has 1 fully saturated rings. The molecule has 196 valence electrons. The molecule has 1 aliphatic heterocycles. The molecule has 9 nitrogen and oxygen atoms in total. The lowest BCUT2D eigenvalue weighted by Gasteiger charge is -2.34. The number of rotatable bonds is 7. The maximum Gasteiger partial charge on any atom is 0.573 e. The third kappa shape index (κ3) is 6.54. The number of aryl methyl sites for hydroxylation is 1. The van der Waals surface area contributed by atoms with Crippen molar-refractivity contribution in [2.45, 2.75) is 31.5 Å². The van der Waals surface area contributed by atoms with Crippen LogP contribution < -0.4 is 15.2 Å². The van der Waals surface area contributed by atoms with Crippen LogP contribution in [0.25, 0.3) is 11.1 Å². The Kier molecular flexibility index (Phi) is 7.32. The van der Waals surface area contributed by atoms with Gasteiger partial charge in [-0.05, 0) is 23.8 Å². The van der Waals surface area contributed by atoms with Crippen molar-refractivity contribution in [3.8, 4) is 22.8 Å². The molecule has 3 heterocycles. The van der Waals surface area contributed by atoms with Crippen LogP contribution in [0.5, 0.6) is 11.6 Å². The number of likely N-dealkylation sites (tertiary alicyclic amines) is 1. The number of amides is 2. The number of carbonyl (C=O) groups excluding carboxylic acids is 2. The topological polar surface area (TPSA) is 113 Å². The predicted molar refractivity (Wildman–Crippen MR) is 122 cm³/mol. The highest BCUT2D eigenvalue weighted by Gasteiger charge is 2.34. The molecular weight excluding hydrogens is 498 g/mol. The molecule has 1 aliphatic rings. The molecule has 0 saturated carbocycles. The smallest absolute Gasteiger partial charge is 0.471 e. The van der Waals surface area contributed by atoms with Gasteiger partial charge in [-0.3, -0.25) is 14.3 Å². The van der Waals surface area contributed by atoms with Crippen LogP contribution in [0.15, 0.2) is 48.9 Å². The van der Waals surface area contributed by atoms with E-state index < -0.39 is 30.3 Å². The molecule has 0 spiro atoms. The van der Waals surface area contributed by atoms with E-state index in [1.807, 2.05) is 0 Å². The second kappa shape index (κ2) is 10.4. The number of hydrogen-bond acceptors (Lipinski definition) is 6. The van der Waals surface area contributed by atoms with E-state index in [1.165, 1.54) is 29.3 Å². The van der Waals surface area contributed by atoms with Crippen LogP contribution in [0.1, 0.15) is 22.3 Å². The molecule has 4 rings (SSSR count). The Labute approximate surface area is 208 Å². The first-order valence-corrected chi connectivity index (χ1v) is 11.2. The number of halogens is 4. The molecule has 1 aromatic carbocycles. The van der Waals surface area contributed by atoms with E-state index in [9.17, 15) is 27.2 Å². The van der Waals surface area contributed by atoms with Crippen molar-refractivity contribution in [2.75, 3.05) is 13.1 Å². The van der Waals surface area contributed by atoms with Gasteiger partial charge in [0.25, 0.3) is 5.91 Å². The zero-order valence-electron chi connectivity index (χ0n) is 19.6. The zero-order chi connectivity index (χ0) is 26.7. The van der Waals surface area contributed by atoms with Gasteiger partial charge in [0.2, 0.25) is 11.8 Å². The van der Waals surface area contributed by atoms with Crippen LogP contribution in [0.3, 0.4) is 0 Å². The van der Waals surface area contributed by atoms with Crippen LogP contribution >= 0.6 is 0 Å². The second-order valence-electron chi connectivity index (χ2n) is 8.51. The third-order valence-corrected chi connectivity index (χ3v) is 5.76. The number of aromatic nitrogens is 3. The molecule has 0 radical (unpaired) electrons. The van der Waals surface area contributed by atoms with Gasteiger partial charge in [0.1, 0.15) is 17.4 Å². The molecule has 0 bridgehead atoms. The van der Waals surface area contributed by atoms with Gasteiger partial charge >= 0.3 is 6.36 Å². The van der Waals surface area contributed by atoms with Gasteiger partial charge in [-0.15, -0.1) is 13.2 Å². The second-order valence-corrected chi connectivity index (χ2v) is 8.51. The van der Waals surface area contributed by atoms with E-state index in [0.717, 1.165) is 12.1 Å². The van der Waals surface area contributed by atoms with Crippen LogP contribution in [0.2, 0.25) is 0 Å². The van der Waals surface area contributed by atoms with Crippen molar-refractivity contribution < 1.29 is 36.6 Å². The number of primary amides is 1. The summed E-state index contributed by atoms with van der Waals surface area (Å²) in [7, 11) is 1.74. The molecule has 1 saturated heterocycles. The minimum atomic E-state index is -4.81. The van der Waals surface area contributed by atoms with Crippen LogP contribution in [0.4, 0.5) is 17.6 Å². The lowest BCUT2D eigenvalue weighted by atomic mass is 10.0. The van der Waals surface area contributed by atoms with Crippen molar-refractivity contribution in [3.63, 3.8) is 0 Å². The minimum Gasteiger partial charge on any atom is -0.471 e. The molecule has 0 unspecified atom stereocenters. The van der Waals surface area contributed by atoms with E-state index in [2.05, 4.69) is 14.8 Å². The Morgan fingerprint density at radius 2 is 1.89 bits per heavy atom. The summed E-state index contributed by atoms with van der Waals surface area (Å²) in [5, 5.41) is 4.07. The maximum absolute atomic E-state index is 15.0. The quantitative estimate of drug-likeness (QED) is 0.479. The Morgan fingerprint density at radius 1 is 1.16 bits per heavy atom. The van der Waals surface area contributed by atoms with E-state index >= 15 is 0 Å². The highest BCUT2D eigenvalue weighted by Crippen LogP contribution is 2.28. The number of piperidine rings is 1. The molecule has 3 aromatic rings. The lowest BCUT2D eigenvalue weighted by molar-refractivity contribution is -0.274. The molecule has 37 heavy (non-hydrogen) atoms. The number of ether oxygens (including phenoxy) is 2. The number of pyridine rings is 1. The third-order valence-electron chi connectivity index (χ3n) is 5.76. The van der Waals surface area contributed by atoms with Gasteiger partial charge in [-0.25, -0.2) is 9.37 Å². The fourth-order valence-electron chi connectivity index (χ4n) is 3.93.